The Morgan fingerprint density at radius 3 is 2.70 bits per heavy atom. The monoisotopic (exact) mass is 365 g/mol. The van der Waals surface area contributed by atoms with E-state index in [2.05, 4.69) is 26.7 Å². The minimum Gasteiger partial charge on any atom is -0.474 e. The number of piperidine rings is 1. The smallest absolute Gasteiger partial charge is 0.221 e. The van der Waals surface area contributed by atoms with Gasteiger partial charge in [0.15, 0.2) is 0 Å². The van der Waals surface area contributed by atoms with Crippen LogP contribution in [0.4, 0.5) is 11.5 Å². The van der Waals surface area contributed by atoms with E-state index < -0.39 is 0 Å². The molecule has 4 rings (SSSR count). The molecule has 1 aromatic heterocycles. The molecule has 0 radical (unpaired) electrons. The SMILES string of the molecule is Cc1cc(C#N)ccc1Nc1ncnc(OC2CC3COCC(C2)N3)c1C. The van der Waals surface area contributed by atoms with Crippen molar-refractivity contribution in [2.75, 3.05) is 18.5 Å². The molecule has 0 amide bonds. The maximum atomic E-state index is 9.02. The summed E-state index contributed by atoms with van der Waals surface area (Å²) in [6.45, 7) is 5.41. The summed E-state index contributed by atoms with van der Waals surface area (Å²) in [7, 11) is 0. The Morgan fingerprint density at radius 2 is 2.00 bits per heavy atom. The van der Waals surface area contributed by atoms with Crippen molar-refractivity contribution < 1.29 is 9.47 Å². The van der Waals surface area contributed by atoms with Crippen molar-refractivity contribution in [3.8, 4) is 11.9 Å². The second-order valence-corrected chi connectivity index (χ2v) is 7.23. The molecule has 3 heterocycles. The van der Waals surface area contributed by atoms with Gasteiger partial charge in [0.25, 0.3) is 0 Å². The molecule has 2 atom stereocenters. The maximum absolute atomic E-state index is 9.02. The molecule has 0 aliphatic carbocycles. The number of nitrogens with one attached hydrogen (secondary N) is 2. The number of hydrogen-bond donors (Lipinski definition) is 2. The minimum atomic E-state index is 0.128. The molecule has 0 saturated carbocycles. The molecule has 140 valence electrons. The molecule has 2 aliphatic rings. The number of hydrogen-bond acceptors (Lipinski definition) is 7. The third-order valence-corrected chi connectivity index (χ3v) is 5.13. The number of ether oxygens (including phenoxy) is 2. The van der Waals surface area contributed by atoms with Crippen molar-refractivity contribution in [1.29, 1.82) is 5.26 Å². The van der Waals surface area contributed by atoms with Crippen LogP contribution in [-0.2, 0) is 4.74 Å². The van der Waals surface area contributed by atoms with Crippen molar-refractivity contribution in [3.63, 3.8) is 0 Å². The van der Waals surface area contributed by atoms with E-state index in [0.717, 1.165) is 42.9 Å². The van der Waals surface area contributed by atoms with E-state index in [-0.39, 0.29) is 6.10 Å². The van der Waals surface area contributed by atoms with Crippen LogP contribution < -0.4 is 15.4 Å². The zero-order valence-electron chi connectivity index (χ0n) is 15.5. The van der Waals surface area contributed by atoms with Crippen LogP contribution in [0.1, 0.15) is 29.5 Å². The van der Waals surface area contributed by atoms with Crippen molar-refractivity contribution >= 4 is 11.5 Å². The summed E-state index contributed by atoms with van der Waals surface area (Å²) in [4.78, 5) is 8.72. The molecular weight excluding hydrogens is 342 g/mol. The summed E-state index contributed by atoms with van der Waals surface area (Å²) < 4.78 is 11.8. The van der Waals surface area contributed by atoms with Gasteiger partial charge in [-0.2, -0.15) is 5.26 Å². The molecular formula is C20H23N5O2. The van der Waals surface area contributed by atoms with Gasteiger partial charge in [0.1, 0.15) is 18.2 Å². The van der Waals surface area contributed by atoms with E-state index >= 15 is 0 Å². The first-order chi connectivity index (χ1) is 13.1. The second kappa shape index (κ2) is 7.51. The van der Waals surface area contributed by atoms with Gasteiger partial charge in [0.05, 0.1) is 30.4 Å². The van der Waals surface area contributed by atoms with Crippen LogP contribution in [0.15, 0.2) is 24.5 Å². The van der Waals surface area contributed by atoms with Gasteiger partial charge in [0.2, 0.25) is 5.88 Å². The molecule has 7 nitrogen and oxygen atoms in total. The normalized spacial score (nSPS) is 24.1. The minimum absolute atomic E-state index is 0.128. The molecule has 7 heteroatoms. The van der Waals surface area contributed by atoms with Crippen LogP contribution in [0.3, 0.4) is 0 Å². The predicted octanol–water partition coefficient (Wildman–Crippen LogP) is 2.61. The average Bonchev–Trinajstić information content (AvgIpc) is 2.66. The zero-order valence-corrected chi connectivity index (χ0v) is 15.5. The van der Waals surface area contributed by atoms with Crippen LogP contribution in [0.25, 0.3) is 0 Å². The standard InChI is InChI=1S/C20H23N5O2/c1-12-5-14(8-21)3-4-18(12)25-19-13(2)20(23-11-22-19)27-17-6-15-9-26-10-16(7-17)24-15/h3-5,11,15-17,24H,6-7,9-10H2,1-2H3,(H,22,23,25). The lowest BCUT2D eigenvalue weighted by molar-refractivity contribution is -0.0134. The quantitative estimate of drug-likeness (QED) is 0.860. The number of fused-ring (bicyclic) bond motifs is 2. The van der Waals surface area contributed by atoms with Crippen molar-refractivity contribution in [1.82, 2.24) is 15.3 Å². The zero-order chi connectivity index (χ0) is 18.8. The first-order valence-corrected chi connectivity index (χ1v) is 9.22. The number of morpholine rings is 1. The Kier molecular flexibility index (Phi) is 4.92. The number of anilines is 2. The van der Waals surface area contributed by atoms with E-state index in [1.54, 1.807) is 6.07 Å². The fourth-order valence-corrected chi connectivity index (χ4v) is 3.72. The molecule has 2 unspecified atom stereocenters. The summed E-state index contributed by atoms with van der Waals surface area (Å²) in [6.07, 6.45) is 3.48. The van der Waals surface area contributed by atoms with Gasteiger partial charge < -0.3 is 20.1 Å². The van der Waals surface area contributed by atoms with Crippen molar-refractivity contribution in [3.05, 3.63) is 41.2 Å². The molecule has 27 heavy (non-hydrogen) atoms. The summed E-state index contributed by atoms with van der Waals surface area (Å²) >= 11 is 0. The van der Waals surface area contributed by atoms with Gasteiger partial charge in [0, 0.05) is 30.6 Å². The molecule has 2 aromatic rings. The van der Waals surface area contributed by atoms with Gasteiger partial charge >= 0.3 is 0 Å². The fraction of sp³-hybridized carbons (Fsp3) is 0.450. The lowest BCUT2D eigenvalue weighted by Crippen LogP contribution is -2.56. The largest absolute Gasteiger partial charge is 0.474 e. The summed E-state index contributed by atoms with van der Waals surface area (Å²) in [5, 5.41) is 15.9. The van der Waals surface area contributed by atoms with Gasteiger partial charge in [-0.25, -0.2) is 9.97 Å². The van der Waals surface area contributed by atoms with Crippen LogP contribution >= 0.6 is 0 Å². The number of aryl methyl sites for hydroxylation is 1. The number of nitrogens with zero attached hydrogens (tertiary/aromatic N) is 3. The van der Waals surface area contributed by atoms with E-state index in [4.69, 9.17) is 14.7 Å². The van der Waals surface area contributed by atoms with Crippen LogP contribution in [0.5, 0.6) is 5.88 Å². The van der Waals surface area contributed by atoms with Crippen molar-refractivity contribution in [2.24, 2.45) is 0 Å². The third kappa shape index (κ3) is 3.87. The number of rotatable bonds is 4. The number of benzene rings is 1. The van der Waals surface area contributed by atoms with E-state index in [1.165, 1.54) is 6.33 Å². The van der Waals surface area contributed by atoms with Crippen LogP contribution in [0.2, 0.25) is 0 Å². The highest BCUT2D eigenvalue weighted by atomic mass is 16.5. The molecule has 2 bridgehead atoms. The topological polar surface area (TPSA) is 92.1 Å². The molecule has 1 aromatic carbocycles. The summed E-state index contributed by atoms with van der Waals surface area (Å²) in [5.41, 5.74) is 3.42. The Labute approximate surface area is 158 Å². The first kappa shape index (κ1) is 17.7. The number of nitriles is 1. The Balaban J connectivity index is 1.50. The molecule has 2 aliphatic heterocycles. The van der Waals surface area contributed by atoms with Crippen molar-refractivity contribution in [2.45, 2.75) is 44.9 Å². The van der Waals surface area contributed by atoms with Gasteiger partial charge in [-0.15, -0.1) is 0 Å². The van der Waals surface area contributed by atoms with Crippen LogP contribution in [0, 0.1) is 25.2 Å². The maximum Gasteiger partial charge on any atom is 0.221 e. The molecule has 2 N–H and O–H groups in total. The van der Waals surface area contributed by atoms with Crippen LogP contribution in [-0.4, -0.2) is 41.4 Å². The van der Waals surface area contributed by atoms with Gasteiger partial charge in [-0.1, -0.05) is 0 Å². The summed E-state index contributed by atoms with van der Waals surface area (Å²) in [5.74, 6) is 1.33. The Bertz CT molecular complexity index is 867. The fourth-order valence-electron chi connectivity index (χ4n) is 3.72. The lowest BCUT2D eigenvalue weighted by atomic mass is 9.95. The highest BCUT2D eigenvalue weighted by Gasteiger charge is 2.33. The first-order valence-electron chi connectivity index (χ1n) is 9.22. The average molecular weight is 365 g/mol. The highest BCUT2D eigenvalue weighted by molar-refractivity contribution is 5.64. The van der Waals surface area contributed by atoms with E-state index in [9.17, 15) is 0 Å². The highest BCUT2D eigenvalue weighted by Crippen LogP contribution is 2.29. The van der Waals surface area contributed by atoms with Gasteiger partial charge in [-0.3, -0.25) is 0 Å². The predicted molar refractivity (Wildman–Crippen MR) is 101 cm³/mol. The van der Waals surface area contributed by atoms with E-state index in [1.807, 2.05) is 26.0 Å². The Hall–Kier alpha value is -2.69. The summed E-state index contributed by atoms with van der Waals surface area (Å²) in [6, 6.07) is 8.39. The number of aromatic nitrogens is 2. The Morgan fingerprint density at radius 1 is 1.22 bits per heavy atom. The molecule has 2 fully saturated rings. The third-order valence-electron chi connectivity index (χ3n) is 5.13. The lowest BCUT2D eigenvalue weighted by Gasteiger charge is -2.39. The molecule has 0 spiro atoms. The van der Waals surface area contributed by atoms with E-state index in [0.29, 0.717) is 29.3 Å². The second-order valence-electron chi connectivity index (χ2n) is 7.23. The molecule has 2 saturated heterocycles. The van der Waals surface area contributed by atoms with Gasteiger partial charge in [-0.05, 0) is 37.6 Å².